The second-order valence-corrected chi connectivity index (χ2v) is 15.1. The minimum Gasteiger partial charge on any atom is -0.308 e. The summed E-state index contributed by atoms with van der Waals surface area (Å²) in [5, 5.41) is 12.9. The summed E-state index contributed by atoms with van der Waals surface area (Å²) in [4.78, 5) is 2.47. The van der Waals surface area contributed by atoms with E-state index in [9.17, 15) is 0 Å². The van der Waals surface area contributed by atoms with Crippen molar-refractivity contribution in [2.45, 2.75) is 0 Å². The largest absolute Gasteiger partial charge is 0.308 e. The highest BCUT2D eigenvalue weighted by Crippen LogP contribution is 2.48. The highest BCUT2D eigenvalue weighted by Gasteiger charge is 2.21. The second kappa shape index (κ2) is 12.4. The molecule has 10 aromatic carbocycles. The maximum atomic E-state index is 2.47. The lowest BCUT2D eigenvalue weighted by atomic mass is 9.92. The molecule has 0 aliphatic rings. The predicted octanol–water partition coefficient (Wildman–Crippen LogP) is 15.5. The molecule has 0 saturated carbocycles. The normalized spacial score (nSPS) is 11.7. The van der Waals surface area contributed by atoms with Crippen LogP contribution in [0.2, 0.25) is 0 Å². The van der Waals surface area contributed by atoms with E-state index in [4.69, 9.17) is 0 Å². The van der Waals surface area contributed by atoms with Crippen molar-refractivity contribution in [3.63, 3.8) is 0 Å². The Kier molecular flexibility index (Phi) is 7.11. The number of hydrogen-bond donors (Lipinski definition) is 0. The SMILES string of the molecule is c1ccc(-c2ccccc2N(c2ccc(-c3cccc4c3ccc3ccc5ccccc5c34)cc2)c2cccc3c2sc2c4ccccc4ccc32)cc1. The first-order valence-electron chi connectivity index (χ1n) is 18.5. The molecular formula is C52H33NS. The molecule has 0 spiro atoms. The van der Waals surface area contributed by atoms with E-state index in [1.807, 2.05) is 11.3 Å². The monoisotopic (exact) mass is 703 g/mol. The lowest BCUT2D eigenvalue weighted by Crippen LogP contribution is -2.11. The molecule has 0 bridgehead atoms. The Morgan fingerprint density at radius 1 is 0.296 bits per heavy atom. The number of benzene rings is 10. The van der Waals surface area contributed by atoms with Crippen LogP contribution in [0, 0.1) is 0 Å². The van der Waals surface area contributed by atoms with Gasteiger partial charge in [0, 0.05) is 26.7 Å². The van der Waals surface area contributed by atoms with Gasteiger partial charge in [0.2, 0.25) is 0 Å². The van der Waals surface area contributed by atoms with Crippen molar-refractivity contribution in [1.82, 2.24) is 0 Å². The van der Waals surface area contributed by atoms with Crippen LogP contribution in [-0.2, 0) is 0 Å². The number of thiophene rings is 1. The van der Waals surface area contributed by atoms with E-state index in [2.05, 4.69) is 205 Å². The lowest BCUT2D eigenvalue weighted by molar-refractivity contribution is 1.30. The zero-order chi connectivity index (χ0) is 35.6. The first-order valence-corrected chi connectivity index (χ1v) is 19.3. The van der Waals surface area contributed by atoms with Crippen LogP contribution in [0.1, 0.15) is 0 Å². The summed E-state index contributed by atoms with van der Waals surface area (Å²) in [5.74, 6) is 0. The summed E-state index contributed by atoms with van der Waals surface area (Å²) in [6.07, 6.45) is 0. The zero-order valence-electron chi connectivity index (χ0n) is 29.4. The minimum absolute atomic E-state index is 1.12. The van der Waals surface area contributed by atoms with E-state index in [0.717, 1.165) is 11.4 Å². The van der Waals surface area contributed by atoms with Gasteiger partial charge < -0.3 is 4.90 Å². The number of nitrogens with zero attached hydrogens (tertiary/aromatic N) is 1. The fourth-order valence-electron chi connectivity index (χ4n) is 8.53. The topological polar surface area (TPSA) is 3.24 Å². The first kappa shape index (κ1) is 30.8. The number of fused-ring (bicyclic) bond motifs is 10. The molecule has 0 N–H and O–H groups in total. The fourth-order valence-corrected chi connectivity index (χ4v) is 9.87. The summed E-state index contributed by atoms with van der Waals surface area (Å²) in [6.45, 7) is 0. The van der Waals surface area contributed by atoms with Crippen LogP contribution in [0.5, 0.6) is 0 Å². The molecule has 0 atom stereocenters. The van der Waals surface area contributed by atoms with Gasteiger partial charge in [0.1, 0.15) is 0 Å². The first-order chi connectivity index (χ1) is 26.8. The van der Waals surface area contributed by atoms with Crippen molar-refractivity contribution >= 4 is 91.7 Å². The van der Waals surface area contributed by atoms with E-state index in [-0.39, 0.29) is 0 Å². The van der Waals surface area contributed by atoms with E-state index in [1.54, 1.807) is 0 Å². The van der Waals surface area contributed by atoms with Gasteiger partial charge in [0.05, 0.1) is 16.1 Å². The van der Waals surface area contributed by atoms with Crippen LogP contribution < -0.4 is 4.90 Å². The molecule has 0 fully saturated rings. The summed E-state index contributed by atoms with van der Waals surface area (Å²) < 4.78 is 2.61. The zero-order valence-corrected chi connectivity index (χ0v) is 30.2. The Bertz CT molecular complexity index is 3210. The quantitative estimate of drug-likeness (QED) is 0.161. The van der Waals surface area contributed by atoms with Gasteiger partial charge in [0.25, 0.3) is 0 Å². The number of anilines is 3. The molecular weight excluding hydrogens is 671 g/mol. The molecule has 2 heteroatoms. The van der Waals surface area contributed by atoms with Crippen molar-refractivity contribution in [2.75, 3.05) is 4.90 Å². The average Bonchev–Trinajstić information content (AvgIpc) is 3.64. The summed E-state index contributed by atoms with van der Waals surface area (Å²) in [6, 6.07) is 73.4. The van der Waals surface area contributed by atoms with Gasteiger partial charge in [-0.05, 0) is 84.0 Å². The van der Waals surface area contributed by atoms with Crippen molar-refractivity contribution in [2.24, 2.45) is 0 Å². The lowest BCUT2D eigenvalue weighted by Gasteiger charge is -2.28. The summed E-state index contributed by atoms with van der Waals surface area (Å²) >= 11 is 1.90. The summed E-state index contributed by atoms with van der Waals surface area (Å²) in [7, 11) is 0. The average molecular weight is 704 g/mol. The van der Waals surface area contributed by atoms with Gasteiger partial charge in [-0.3, -0.25) is 0 Å². The molecule has 0 aliphatic heterocycles. The molecule has 1 nitrogen and oxygen atoms in total. The second-order valence-electron chi connectivity index (χ2n) is 14.0. The third kappa shape index (κ3) is 4.85. The van der Waals surface area contributed by atoms with Crippen molar-refractivity contribution in [1.29, 1.82) is 0 Å². The molecule has 11 rings (SSSR count). The fraction of sp³-hybridized carbons (Fsp3) is 0. The third-order valence-electron chi connectivity index (χ3n) is 11.0. The molecule has 0 radical (unpaired) electrons. The van der Waals surface area contributed by atoms with Crippen LogP contribution in [0.25, 0.3) is 85.5 Å². The van der Waals surface area contributed by atoms with Gasteiger partial charge in [-0.15, -0.1) is 11.3 Å². The molecule has 11 aromatic rings. The van der Waals surface area contributed by atoms with Gasteiger partial charge in [-0.25, -0.2) is 0 Å². The molecule has 0 unspecified atom stereocenters. The molecule has 0 amide bonds. The number of hydrogen-bond acceptors (Lipinski definition) is 2. The molecule has 252 valence electrons. The van der Waals surface area contributed by atoms with E-state index in [0.29, 0.717) is 0 Å². The summed E-state index contributed by atoms with van der Waals surface area (Å²) in [5.41, 5.74) is 8.27. The smallest absolute Gasteiger partial charge is 0.0640 e. The van der Waals surface area contributed by atoms with E-state index >= 15 is 0 Å². The van der Waals surface area contributed by atoms with Crippen molar-refractivity contribution in [3.05, 3.63) is 200 Å². The van der Waals surface area contributed by atoms with Crippen LogP contribution in [-0.4, -0.2) is 0 Å². The van der Waals surface area contributed by atoms with Crippen LogP contribution >= 0.6 is 11.3 Å². The third-order valence-corrected chi connectivity index (χ3v) is 12.3. The van der Waals surface area contributed by atoms with Crippen LogP contribution in [0.3, 0.4) is 0 Å². The van der Waals surface area contributed by atoms with E-state index < -0.39 is 0 Å². The highest BCUT2D eigenvalue weighted by atomic mass is 32.1. The Morgan fingerprint density at radius 3 is 1.72 bits per heavy atom. The molecule has 0 saturated heterocycles. The standard InChI is InChI=1S/C52H33NS/c1-2-12-34(13-3-1)41-16-8-9-22-48(41)53(49-23-11-21-46-47-33-28-36-15-5-7-18-43(36)51(47)54-52(46)49)39-30-26-37(27-31-39)40-19-10-20-45-44(40)32-29-38-25-24-35-14-4-6-17-42(35)50(38)45/h1-33H. The van der Waals surface area contributed by atoms with Gasteiger partial charge in [-0.2, -0.15) is 0 Å². The number of rotatable bonds is 5. The van der Waals surface area contributed by atoms with Crippen molar-refractivity contribution < 1.29 is 0 Å². The Morgan fingerprint density at radius 2 is 0.852 bits per heavy atom. The Hall–Kier alpha value is -6.74. The van der Waals surface area contributed by atoms with Crippen molar-refractivity contribution in [3.8, 4) is 22.3 Å². The molecule has 1 heterocycles. The van der Waals surface area contributed by atoms with Gasteiger partial charge >= 0.3 is 0 Å². The minimum atomic E-state index is 1.12. The molecule has 54 heavy (non-hydrogen) atoms. The Labute approximate surface area is 317 Å². The maximum absolute atomic E-state index is 2.47. The Balaban J connectivity index is 1.12. The number of para-hydroxylation sites is 1. The van der Waals surface area contributed by atoms with Crippen LogP contribution in [0.15, 0.2) is 200 Å². The van der Waals surface area contributed by atoms with E-state index in [1.165, 1.54) is 91.2 Å². The highest BCUT2D eigenvalue weighted by molar-refractivity contribution is 7.27. The molecule has 1 aromatic heterocycles. The van der Waals surface area contributed by atoms with Gasteiger partial charge in [-0.1, -0.05) is 176 Å². The van der Waals surface area contributed by atoms with Crippen LogP contribution in [0.4, 0.5) is 17.1 Å². The van der Waals surface area contributed by atoms with Gasteiger partial charge in [0.15, 0.2) is 0 Å². The maximum Gasteiger partial charge on any atom is 0.0640 e. The predicted molar refractivity (Wildman–Crippen MR) is 235 cm³/mol. The molecule has 0 aliphatic carbocycles.